The molecular weight excluding hydrogens is 326 g/mol. The minimum Gasteiger partial charge on any atom is -0.478 e. The largest absolute Gasteiger partial charge is 0.478 e. The van der Waals surface area contributed by atoms with E-state index in [4.69, 9.17) is 21.1 Å². The second kappa shape index (κ2) is 6.72. The van der Waals surface area contributed by atoms with Gasteiger partial charge in [-0.05, 0) is 61.0 Å². The van der Waals surface area contributed by atoms with Crippen LogP contribution >= 0.6 is 11.6 Å². The van der Waals surface area contributed by atoms with Gasteiger partial charge in [0.15, 0.2) is 0 Å². The van der Waals surface area contributed by atoms with Gasteiger partial charge in [-0.2, -0.15) is 0 Å². The number of benzene rings is 2. The van der Waals surface area contributed by atoms with E-state index in [0.29, 0.717) is 16.5 Å². The fraction of sp³-hybridized carbons (Fsp3) is 0.0526. The molecule has 4 nitrogen and oxygen atoms in total. The van der Waals surface area contributed by atoms with Gasteiger partial charge in [-0.25, -0.2) is 4.79 Å². The Hall–Kier alpha value is -2.85. The molecule has 0 spiro atoms. The Morgan fingerprint density at radius 2 is 1.88 bits per heavy atom. The molecule has 0 radical (unpaired) electrons. The van der Waals surface area contributed by atoms with E-state index in [0.717, 1.165) is 16.8 Å². The molecule has 0 bridgehead atoms. The van der Waals surface area contributed by atoms with Crippen LogP contribution in [0.25, 0.3) is 11.3 Å². The molecule has 1 heterocycles. The van der Waals surface area contributed by atoms with Gasteiger partial charge in [0, 0.05) is 10.6 Å². The van der Waals surface area contributed by atoms with Gasteiger partial charge in [-0.3, -0.25) is 4.99 Å². The first-order valence-corrected chi connectivity index (χ1v) is 7.64. The van der Waals surface area contributed by atoms with Gasteiger partial charge in [0.05, 0.1) is 17.5 Å². The maximum Gasteiger partial charge on any atom is 0.335 e. The molecule has 2 aromatic carbocycles. The monoisotopic (exact) mass is 339 g/mol. The molecule has 1 N–H and O–H groups in total. The quantitative estimate of drug-likeness (QED) is 0.651. The summed E-state index contributed by atoms with van der Waals surface area (Å²) in [6.45, 7) is 1.85. The summed E-state index contributed by atoms with van der Waals surface area (Å²) < 4.78 is 5.77. The Balaban J connectivity index is 1.83. The van der Waals surface area contributed by atoms with Crippen LogP contribution in [0.4, 0.5) is 5.69 Å². The number of carboxylic acids is 1. The Morgan fingerprint density at radius 3 is 2.54 bits per heavy atom. The van der Waals surface area contributed by atoms with Crippen molar-refractivity contribution in [2.45, 2.75) is 6.92 Å². The lowest BCUT2D eigenvalue weighted by molar-refractivity contribution is 0.0697. The van der Waals surface area contributed by atoms with Crippen LogP contribution in [0, 0.1) is 6.92 Å². The minimum absolute atomic E-state index is 0.257. The number of aryl methyl sites for hydroxylation is 1. The molecule has 3 aromatic rings. The summed E-state index contributed by atoms with van der Waals surface area (Å²) in [4.78, 5) is 15.3. The molecular formula is C19H14ClNO3. The standard InChI is InChI=1S/C19H14ClNO3/c1-12-10-13(19(22)23)2-8-17(12)18-9-7-16(24-18)11-21-15-5-3-14(20)4-6-15/h2-11H,1H3,(H,22,23). The zero-order valence-corrected chi connectivity index (χ0v) is 13.6. The fourth-order valence-electron chi connectivity index (χ4n) is 2.31. The second-order valence-corrected chi connectivity index (χ2v) is 5.71. The molecule has 0 aliphatic heterocycles. The Bertz CT molecular complexity index is 911. The van der Waals surface area contributed by atoms with Crippen molar-refractivity contribution in [3.63, 3.8) is 0 Å². The van der Waals surface area contributed by atoms with Gasteiger partial charge in [-0.1, -0.05) is 17.7 Å². The SMILES string of the molecule is Cc1cc(C(=O)O)ccc1-c1ccc(C=Nc2ccc(Cl)cc2)o1. The molecule has 1 aromatic heterocycles. The molecule has 0 saturated heterocycles. The third-order valence-electron chi connectivity index (χ3n) is 3.53. The Morgan fingerprint density at radius 1 is 1.12 bits per heavy atom. The maximum atomic E-state index is 11.0. The summed E-state index contributed by atoms with van der Waals surface area (Å²) in [5, 5.41) is 9.68. The number of hydrogen-bond donors (Lipinski definition) is 1. The Kier molecular flexibility index (Phi) is 4.49. The highest BCUT2D eigenvalue weighted by atomic mass is 35.5. The van der Waals surface area contributed by atoms with E-state index < -0.39 is 5.97 Å². The molecule has 0 atom stereocenters. The third kappa shape index (κ3) is 3.55. The van der Waals surface area contributed by atoms with Crippen molar-refractivity contribution in [2.75, 3.05) is 0 Å². The highest BCUT2D eigenvalue weighted by Crippen LogP contribution is 2.26. The van der Waals surface area contributed by atoms with Crippen molar-refractivity contribution in [3.05, 3.63) is 76.5 Å². The summed E-state index contributed by atoms with van der Waals surface area (Å²) in [5.74, 6) is 0.337. The highest BCUT2D eigenvalue weighted by molar-refractivity contribution is 6.30. The molecule has 0 amide bonds. The molecule has 3 rings (SSSR count). The average Bonchev–Trinajstić information content (AvgIpc) is 3.03. The van der Waals surface area contributed by atoms with Gasteiger partial charge in [0.25, 0.3) is 0 Å². The van der Waals surface area contributed by atoms with Crippen LogP contribution in [0.1, 0.15) is 21.7 Å². The maximum absolute atomic E-state index is 11.0. The van der Waals surface area contributed by atoms with Crippen LogP contribution in [0.2, 0.25) is 5.02 Å². The van der Waals surface area contributed by atoms with E-state index in [1.54, 1.807) is 36.5 Å². The predicted octanol–water partition coefficient (Wildman–Crippen LogP) is 5.36. The molecule has 120 valence electrons. The predicted molar refractivity (Wildman–Crippen MR) is 94.5 cm³/mol. The number of halogens is 1. The molecule has 0 saturated carbocycles. The molecule has 5 heteroatoms. The van der Waals surface area contributed by atoms with E-state index in [1.165, 1.54) is 0 Å². The number of aromatic carboxylic acids is 1. The van der Waals surface area contributed by atoms with Gasteiger partial charge < -0.3 is 9.52 Å². The first-order chi connectivity index (χ1) is 11.5. The number of hydrogen-bond acceptors (Lipinski definition) is 3. The number of furan rings is 1. The molecule has 0 unspecified atom stereocenters. The van der Waals surface area contributed by atoms with Crippen LogP contribution in [0.3, 0.4) is 0 Å². The topological polar surface area (TPSA) is 62.8 Å². The summed E-state index contributed by atoms with van der Waals surface area (Å²) in [5.41, 5.74) is 2.73. The number of aliphatic imine (C=N–C) groups is 1. The van der Waals surface area contributed by atoms with Crippen LogP contribution in [-0.2, 0) is 0 Å². The van der Waals surface area contributed by atoms with Crippen molar-refractivity contribution >= 4 is 29.5 Å². The minimum atomic E-state index is -0.945. The zero-order valence-electron chi connectivity index (χ0n) is 12.9. The van der Waals surface area contributed by atoms with Gasteiger partial charge in [0.2, 0.25) is 0 Å². The Labute approximate surface area is 144 Å². The number of nitrogens with zero attached hydrogens (tertiary/aromatic N) is 1. The van der Waals surface area contributed by atoms with E-state index in [2.05, 4.69) is 4.99 Å². The van der Waals surface area contributed by atoms with Crippen LogP contribution in [0.15, 0.2) is 64.0 Å². The van der Waals surface area contributed by atoms with Crippen molar-refractivity contribution in [3.8, 4) is 11.3 Å². The van der Waals surface area contributed by atoms with Crippen molar-refractivity contribution < 1.29 is 14.3 Å². The lowest BCUT2D eigenvalue weighted by Crippen LogP contribution is -1.96. The molecule has 0 fully saturated rings. The molecule has 0 aliphatic carbocycles. The van der Waals surface area contributed by atoms with Crippen LogP contribution in [0.5, 0.6) is 0 Å². The molecule has 24 heavy (non-hydrogen) atoms. The van der Waals surface area contributed by atoms with E-state index >= 15 is 0 Å². The van der Waals surface area contributed by atoms with E-state index in [1.807, 2.05) is 31.2 Å². The van der Waals surface area contributed by atoms with Gasteiger partial charge in [0.1, 0.15) is 11.5 Å². The smallest absolute Gasteiger partial charge is 0.335 e. The first-order valence-electron chi connectivity index (χ1n) is 7.27. The first kappa shape index (κ1) is 16.0. The van der Waals surface area contributed by atoms with Crippen molar-refractivity contribution in [2.24, 2.45) is 4.99 Å². The number of carbonyl (C=O) groups is 1. The number of rotatable bonds is 4. The summed E-state index contributed by atoms with van der Waals surface area (Å²) in [6.07, 6.45) is 1.63. The summed E-state index contributed by atoms with van der Waals surface area (Å²) in [6, 6.07) is 15.8. The van der Waals surface area contributed by atoms with Crippen molar-refractivity contribution in [1.82, 2.24) is 0 Å². The lowest BCUT2D eigenvalue weighted by atomic mass is 10.0. The van der Waals surface area contributed by atoms with E-state index in [-0.39, 0.29) is 5.56 Å². The average molecular weight is 340 g/mol. The van der Waals surface area contributed by atoms with Crippen LogP contribution < -0.4 is 0 Å². The summed E-state index contributed by atoms with van der Waals surface area (Å²) in [7, 11) is 0. The second-order valence-electron chi connectivity index (χ2n) is 5.27. The van der Waals surface area contributed by atoms with E-state index in [9.17, 15) is 4.79 Å². The zero-order chi connectivity index (χ0) is 17.1. The van der Waals surface area contributed by atoms with Gasteiger partial charge >= 0.3 is 5.97 Å². The summed E-state index contributed by atoms with van der Waals surface area (Å²) >= 11 is 5.84. The van der Waals surface area contributed by atoms with Crippen LogP contribution in [-0.4, -0.2) is 17.3 Å². The number of carboxylic acid groups (broad SMARTS) is 1. The van der Waals surface area contributed by atoms with Gasteiger partial charge in [-0.15, -0.1) is 0 Å². The fourth-order valence-corrected chi connectivity index (χ4v) is 2.43. The van der Waals surface area contributed by atoms with Crippen molar-refractivity contribution in [1.29, 1.82) is 0 Å². The lowest BCUT2D eigenvalue weighted by Gasteiger charge is -2.03. The normalized spacial score (nSPS) is 11.1. The highest BCUT2D eigenvalue weighted by Gasteiger charge is 2.10. The third-order valence-corrected chi connectivity index (χ3v) is 3.79. The molecule has 0 aliphatic rings.